The highest BCUT2D eigenvalue weighted by atomic mass is 16.5. The summed E-state index contributed by atoms with van der Waals surface area (Å²) in [5.74, 6) is 3.11. The fraction of sp³-hybridized carbons (Fsp3) is 0.200. The third-order valence-corrected chi connectivity index (χ3v) is 3.28. The molecule has 2 aromatic rings. The number of rotatable bonds is 2. The van der Waals surface area contributed by atoms with Gasteiger partial charge in [-0.25, -0.2) is 0 Å². The van der Waals surface area contributed by atoms with E-state index < -0.39 is 0 Å². The van der Waals surface area contributed by atoms with Crippen LogP contribution in [-0.2, 0) is 0 Å². The molecule has 4 nitrogen and oxygen atoms in total. The Morgan fingerprint density at radius 1 is 0.842 bits per heavy atom. The number of hydrogen-bond acceptors (Lipinski definition) is 4. The van der Waals surface area contributed by atoms with E-state index in [9.17, 15) is 0 Å². The van der Waals surface area contributed by atoms with Crippen LogP contribution >= 0.6 is 0 Å². The number of anilines is 2. The quantitative estimate of drug-likeness (QED) is 0.822. The number of methoxy groups -OCH3 is 2. The van der Waals surface area contributed by atoms with Crippen LogP contribution in [0.5, 0.6) is 23.0 Å². The molecule has 0 spiro atoms. The first kappa shape index (κ1) is 11.7. The zero-order valence-corrected chi connectivity index (χ0v) is 11.1. The molecule has 0 saturated heterocycles. The van der Waals surface area contributed by atoms with Gasteiger partial charge in [0.05, 0.1) is 25.6 Å². The highest BCUT2D eigenvalue weighted by Gasteiger charge is 2.22. The number of nitrogens with zero attached hydrogens (tertiary/aromatic N) is 1. The molecule has 4 heteroatoms. The van der Waals surface area contributed by atoms with Crippen LogP contribution in [0.2, 0.25) is 0 Å². The van der Waals surface area contributed by atoms with E-state index in [1.807, 2.05) is 43.4 Å². The number of fused-ring (bicyclic) bond motifs is 2. The molecule has 0 aromatic heterocycles. The van der Waals surface area contributed by atoms with Crippen molar-refractivity contribution in [1.82, 2.24) is 0 Å². The molecule has 1 aliphatic rings. The van der Waals surface area contributed by atoms with Gasteiger partial charge in [0.1, 0.15) is 11.5 Å². The maximum atomic E-state index is 5.93. The zero-order valence-electron chi connectivity index (χ0n) is 11.1. The van der Waals surface area contributed by atoms with Crippen molar-refractivity contribution in [3.63, 3.8) is 0 Å². The molecule has 0 fully saturated rings. The number of hydrogen-bond donors (Lipinski definition) is 0. The van der Waals surface area contributed by atoms with Gasteiger partial charge in [-0.1, -0.05) is 0 Å². The van der Waals surface area contributed by atoms with E-state index in [1.54, 1.807) is 14.2 Å². The lowest BCUT2D eigenvalue weighted by molar-refractivity contribution is 0.403. The largest absolute Gasteiger partial charge is 0.497 e. The molecule has 0 bridgehead atoms. The van der Waals surface area contributed by atoms with Crippen molar-refractivity contribution in [2.45, 2.75) is 0 Å². The van der Waals surface area contributed by atoms with Gasteiger partial charge < -0.3 is 19.1 Å². The lowest BCUT2D eigenvalue weighted by Gasteiger charge is -2.30. The molecule has 0 saturated carbocycles. The fourth-order valence-electron chi connectivity index (χ4n) is 2.21. The van der Waals surface area contributed by atoms with E-state index in [4.69, 9.17) is 14.2 Å². The van der Waals surface area contributed by atoms with Crippen molar-refractivity contribution in [3.8, 4) is 23.0 Å². The summed E-state index contributed by atoms with van der Waals surface area (Å²) >= 11 is 0. The maximum absolute atomic E-state index is 5.93. The molecule has 1 heterocycles. The molecule has 0 radical (unpaired) electrons. The van der Waals surface area contributed by atoms with Gasteiger partial charge >= 0.3 is 0 Å². The third kappa shape index (κ3) is 1.85. The van der Waals surface area contributed by atoms with Crippen LogP contribution in [0.15, 0.2) is 36.4 Å². The second-order valence-corrected chi connectivity index (χ2v) is 4.33. The number of benzene rings is 2. The Morgan fingerprint density at radius 2 is 1.32 bits per heavy atom. The molecule has 0 atom stereocenters. The van der Waals surface area contributed by atoms with Gasteiger partial charge in [0.15, 0.2) is 11.5 Å². The highest BCUT2D eigenvalue weighted by Crippen LogP contribution is 2.47. The van der Waals surface area contributed by atoms with Crippen molar-refractivity contribution in [2.24, 2.45) is 0 Å². The van der Waals surface area contributed by atoms with Gasteiger partial charge in [-0.2, -0.15) is 0 Å². The van der Waals surface area contributed by atoms with Crippen LogP contribution in [-0.4, -0.2) is 21.3 Å². The Kier molecular flexibility index (Phi) is 2.71. The van der Waals surface area contributed by atoms with Crippen molar-refractivity contribution >= 4 is 11.4 Å². The molecule has 0 unspecified atom stereocenters. The summed E-state index contributed by atoms with van der Waals surface area (Å²) in [6, 6.07) is 11.6. The first-order valence-electron chi connectivity index (χ1n) is 6.00. The Hall–Kier alpha value is -2.36. The first-order valence-corrected chi connectivity index (χ1v) is 6.00. The smallest absolute Gasteiger partial charge is 0.154 e. The fourth-order valence-corrected chi connectivity index (χ4v) is 2.21. The normalized spacial score (nSPS) is 12.3. The minimum absolute atomic E-state index is 0.776. The summed E-state index contributed by atoms with van der Waals surface area (Å²) in [5, 5.41) is 0. The summed E-state index contributed by atoms with van der Waals surface area (Å²) in [6.07, 6.45) is 0. The third-order valence-electron chi connectivity index (χ3n) is 3.28. The van der Waals surface area contributed by atoms with Crippen LogP contribution in [0.4, 0.5) is 11.4 Å². The molecule has 98 valence electrons. The van der Waals surface area contributed by atoms with Crippen LogP contribution in [0.25, 0.3) is 0 Å². The molecule has 2 aromatic carbocycles. The molecular formula is C15H15NO3. The SMILES string of the molecule is COc1ccc2c(c1)Oc1cc(OC)ccc1N2C. The minimum Gasteiger partial charge on any atom is -0.497 e. The zero-order chi connectivity index (χ0) is 13.4. The molecule has 0 N–H and O–H groups in total. The van der Waals surface area contributed by atoms with E-state index in [0.29, 0.717) is 0 Å². The Bertz CT molecular complexity index is 571. The van der Waals surface area contributed by atoms with E-state index in [1.165, 1.54) is 0 Å². The van der Waals surface area contributed by atoms with Crippen LogP contribution in [0.1, 0.15) is 0 Å². The lowest BCUT2D eigenvalue weighted by Crippen LogP contribution is -2.15. The first-order chi connectivity index (χ1) is 9.22. The Balaban J connectivity index is 2.08. The van der Waals surface area contributed by atoms with Gasteiger partial charge in [-0.05, 0) is 24.3 Å². The van der Waals surface area contributed by atoms with E-state index in [2.05, 4.69) is 4.90 Å². The van der Waals surface area contributed by atoms with Crippen molar-refractivity contribution in [2.75, 3.05) is 26.2 Å². The predicted molar refractivity (Wildman–Crippen MR) is 74.1 cm³/mol. The lowest BCUT2D eigenvalue weighted by atomic mass is 10.1. The van der Waals surface area contributed by atoms with E-state index in [0.717, 1.165) is 34.4 Å². The van der Waals surface area contributed by atoms with Crippen LogP contribution in [0.3, 0.4) is 0 Å². The summed E-state index contributed by atoms with van der Waals surface area (Å²) in [7, 11) is 5.30. The molecule has 1 aliphatic heterocycles. The van der Waals surface area contributed by atoms with E-state index in [-0.39, 0.29) is 0 Å². The molecular weight excluding hydrogens is 242 g/mol. The molecule has 19 heavy (non-hydrogen) atoms. The number of ether oxygens (including phenoxy) is 3. The molecule has 0 amide bonds. The van der Waals surface area contributed by atoms with Crippen molar-refractivity contribution in [3.05, 3.63) is 36.4 Å². The summed E-state index contributed by atoms with van der Waals surface area (Å²) < 4.78 is 16.4. The van der Waals surface area contributed by atoms with Crippen LogP contribution in [0, 0.1) is 0 Å². The van der Waals surface area contributed by atoms with Gasteiger partial charge in [-0.3, -0.25) is 0 Å². The second kappa shape index (κ2) is 4.39. The van der Waals surface area contributed by atoms with Crippen molar-refractivity contribution in [1.29, 1.82) is 0 Å². The average molecular weight is 257 g/mol. The maximum Gasteiger partial charge on any atom is 0.154 e. The van der Waals surface area contributed by atoms with Gasteiger partial charge in [0.2, 0.25) is 0 Å². The van der Waals surface area contributed by atoms with Crippen molar-refractivity contribution < 1.29 is 14.2 Å². The van der Waals surface area contributed by atoms with E-state index >= 15 is 0 Å². The predicted octanol–water partition coefficient (Wildman–Crippen LogP) is 3.58. The van der Waals surface area contributed by atoms with Gasteiger partial charge in [0, 0.05) is 19.2 Å². The molecule has 0 aliphatic carbocycles. The van der Waals surface area contributed by atoms with Gasteiger partial charge in [0.25, 0.3) is 0 Å². The minimum atomic E-state index is 0.776. The Labute approximate surface area is 112 Å². The summed E-state index contributed by atoms with van der Waals surface area (Å²) in [6.45, 7) is 0. The second-order valence-electron chi connectivity index (χ2n) is 4.33. The topological polar surface area (TPSA) is 30.9 Å². The highest BCUT2D eigenvalue weighted by molar-refractivity contribution is 5.78. The van der Waals surface area contributed by atoms with Crippen LogP contribution < -0.4 is 19.1 Å². The standard InChI is InChI=1S/C15H15NO3/c1-16-12-6-4-10(17-2)8-14(12)19-15-9-11(18-3)5-7-13(15)16/h4-9H,1-3H3. The molecule has 3 rings (SSSR count). The summed E-state index contributed by atoms with van der Waals surface area (Å²) in [4.78, 5) is 2.09. The average Bonchev–Trinajstić information content (AvgIpc) is 2.46. The Morgan fingerprint density at radius 3 is 1.74 bits per heavy atom. The summed E-state index contributed by atoms with van der Waals surface area (Å²) in [5.41, 5.74) is 2.02. The monoisotopic (exact) mass is 257 g/mol. The van der Waals surface area contributed by atoms with Gasteiger partial charge in [-0.15, -0.1) is 0 Å².